The minimum Gasteiger partial charge on any atom is -0.513 e. The van der Waals surface area contributed by atoms with Crippen molar-refractivity contribution in [3.05, 3.63) is 12.3 Å². The van der Waals surface area contributed by atoms with Crippen LogP contribution in [0.3, 0.4) is 0 Å². The fourth-order valence-corrected chi connectivity index (χ4v) is 1.57. The summed E-state index contributed by atoms with van der Waals surface area (Å²) in [5, 5.41) is 9.07. The maximum atomic E-state index is 9.07. The van der Waals surface area contributed by atoms with Gasteiger partial charge in [-0.25, -0.2) is 0 Å². The molecule has 0 amide bonds. The molecule has 0 unspecified atom stereocenters. The number of aliphatic hydroxyl groups is 1. The lowest BCUT2D eigenvalue weighted by Crippen LogP contribution is -2.33. The molecular formula is C8H15NO. The third-order valence-corrected chi connectivity index (χ3v) is 2.25. The van der Waals surface area contributed by atoms with E-state index < -0.39 is 0 Å². The molecule has 3 N–H and O–H groups in total. The first kappa shape index (κ1) is 7.61. The smallest absolute Gasteiger partial charge is 0.0897 e. The third-order valence-electron chi connectivity index (χ3n) is 2.25. The molecule has 58 valence electrons. The van der Waals surface area contributed by atoms with Crippen LogP contribution in [0.2, 0.25) is 0 Å². The summed E-state index contributed by atoms with van der Waals surface area (Å²) in [6.45, 7) is 3.50. The molecule has 0 saturated heterocycles. The van der Waals surface area contributed by atoms with Crippen LogP contribution in [-0.2, 0) is 0 Å². The van der Waals surface area contributed by atoms with E-state index in [1.165, 1.54) is 12.8 Å². The van der Waals surface area contributed by atoms with Crippen LogP contribution < -0.4 is 5.73 Å². The molecule has 1 fully saturated rings. The molecule has 10 heavy (non-hydrogen) atoms. The number of hydrogen-bond acceptors (Lipinski definition) is 2. The highest BCUT2D eigenvalue weighted by Crippen LogP contribution is 2.26. The molecular weight excluding hydrogens is 126 g/mol. The first-order valence-corrected chi connectivity index (χ1v) is 3.85. The van der Waals surface area contributed by atoms with Crippen molar-refractivity contribution >= 4 is 0 Å². The van der Waals surface area contributed by atoms with Crippen molar-refractivity contribution < 1.29 is 5.11 Å². The Morgan fingerprint density at radius 3 is 2.40 bits per heavy atom. The van der Waals surface area contributed by atoms with E-state index in [1.807, 2.05) is 0 Å². The first-order chi connectivity index (χ1) is 4.72. The van der Waals surface area contributed by atoms with Gasteiger partial charge in [0.2, 0.25) is 0 Å². The minimum atomic E-state index is 0.145. The van der Waals surface area contributed by atoms with E-state index in [1.54, 1.807) is 0 Å². The summed E-state index contributed by atoms with van der Waals surface area (Å²) in [5.74, 6) is 0.431. The Morgan fingerprint density at radius 2 is 2.00 bits per heavy atom. The Hall–Kier alpha value is -0.500. The summed E-state index contributed by atoms with van der Waals surface area (Å²) in [4.78, 5) is 0. The van der Waals surface area contributed by atoms with E-state index in [-0.39, 0.29) is 17.7 Å². The van der Waals surface area contributed by atoms with E-state index in [0.717, 1.165) is 12.8 Å². The molecule has 0 bridgehead atoms. The molecule has 1 aliphatic carbocycles. The van der Waals surface area contributed by atoms with Gasteiger partial charge in [0.1, 0.15) is 0 Å². The number of nitrogens with two attached hydrogens (primary N) is 1. The van der Waals surface area contributed by atoms with Gasteiger partial charge in [-0.15, -0.1) is 0 Å². The lowest BCUT2D eigenvalue weighted by atomic mass is 9.84. The maximum absolute atomic E-state index is 9.07. The van der Waals surface area contributed by atoms with Crippen LogP contribution >= 0.6 is 0 Å². The van der Waals surface area contributed by atoms with Crippen LogP contribution in [0, 0.1) is 5.92 Å². The molecule has 0 aromatic carbocycles. The Bertz CT molecular complexity index is 133. The largest absolute Gasteiger partial charge is 0.513 e. The average molecular weight is 141 g/mol. The number of rotatable bonds is 1. The SMILES string of the molecule is C=C(O)[C@@H]1CCCC[C@H]1N. The van der Waals surface area contributed by atoms with Crippen LogP contribution in [0.25, 0.3) is 0 Å². The van der Waals surface area contributed by atoms with Crippen molar-refractivity contribution in [3.63, 3.8) is 0 Å². The van der Waals surface area contributed by atoms with Crippen molar-refractivity contribution in [2.75, 3.05) is 0 Å². The number of hydrogen-bond donors (Lipinski definition) is 2. The molecule has 0 spiro atoms. The maximum Gasteiger partial charge on any atom is 0.0897 e. The molecule has 0 aromatic heterocycles. The second-order valence-electron chi connectivity index (χ2n) is 3.05. The molecule has 1 rings (SSSR count). The highest BCUT2D eigenvalue weighted by Gasteiger charge is 2.23. The zero-order chi connectivity index (χ0) is 7.56. The zero-order valence-electron chi connectivity index (χ0n) is 6.21. The lowest BCUT2D eigenvalue weighted by molar-refractivity contribution is 0.251. The summed E-state index contributed by atoms with van der Waals surface area (Å²) < 4.78 is 0. The summed E-state index contributed by atoms with van der Waals surface area (Å²) >= 11 is 0. The summed E-state index contributed by atoms with van der Waals surface area (Å²) in [6, 6.07) is 0.145. The van der Waals surface area contributed by atoms with Gasteiger partial charge in [-0.1, -0.05) is 19.4 Å². The van der Waals surface area contributed by atoms with Crippen molar-refractivity contribution in [3.8, 4) is 0 Å². The van der Waals surface area contributed by atoms with E-state index in [4.69, 9.17) is 10.8 Å². The van der Waals surface area contributed by atoms with Gasteiger partial charge in [-0.3, -0.25) is 0 Å². The van der Waals surface area contributed by atoms with Gasteiger partial charge >= 0.3 is 0 Å². The predicted octanol–water partition coefficient (Wildman–Crippen LogP) is 1.58. The van der Waals surface area contributed by atoms with Crippen molar-refractivity contribution in [1.29, 1.82) is 0 Å². The van der Waals surface area contributed by atoms with Crippen molar-refractivity contribution in [1.82, 2.24) is 0 Å². The second-order valence-corrected chi connectivity index (χ2v) is 3.05. The quantitative estimate of drug-likeness (QED) is 0.544. The van der Waals surface area contributed by atoms with E-state index in [0.29, 0.717) is 0 Å². The Kier molecular flexibility index (Phi) is 2.33. The topological polar surface area (TPSA) is 46.2 Å². The molecule has 0 radical (unpaired) electrons. The van der Waals surface area contributed by atoms with E-state index >= 15 is 0 Å². The highest BCUT2D eigenvalue weighted by molar-refractivity contribution is 4.96. The number of aliphatic hydroxyl groups excluding tert-OH is 1. The van der Waals surface area contributed by atoms with E-state index in [9.17, 15) is 0 Å². The molecule has 0 aromatic rings. The molecule has 1 saturated carbocycles. The van der Waals surface area contributed by atoms with Crippen LogP contribution in [-0.4, -0.2) is 11.1 Å². The highest BCUT2D eigenvalue weighted by atomic mass is 16.3. The summed E-state index contributed by atoms with van der Waals surface area (Å²) in [7, 11) is 0. The minimum absolute atomic E-state index is 0.145. The fourth-order valence-electron chi connectivity index (χ4n) is 1.57. The van der Waals surface area contributed by atoms with Crippen LogP contribution in [0.1, 0.15) is 25.7 Å². The Morgan fingerprint density at radius 1 is 1.40 bits per heavy atom. The molecule has 1 aliphatic rings. The van der Waals surface area contributed by atoms with Crippen molar-refractivity contribution in [2.24, 2.45) is 11.7 Å². The summed E-state index contributed by atoms with van der Waals surface area (Å²) in [5.41, 5.74) is 5.76. The van der Waals surface area contributed by atoms with Crippen LogP contribution in [0.15, 0.2) is 12.3 Å². The van der Waals surface area contributed by atoms with Gasteiger partial charge in [-0.05, 0) is 12.8 Å². The predicted molar refractivity (Wildman–Crippen MR) is 41.7 cm³/mol. The molecule has 0 aliphatic heterocycles. The molecule has 2 atom stereocenters. The van der Waals surface area contributed by atoms with Gasteiger partial charge < -0.3 is 10.8 Å². The van der Waals surface area contributed by atoms with Gasteiger partial charge in [0.05, 0.1) is 5.76 Å². The summed E-state index contributed by atoms with van der Waals surface area (Å²) in [6.07, 6.45) is 4.42. The normalized spacial score (nSPS) is 33.7. The Labute approximate surface area is 61.7 Å². The second kappa shape index (κ2) is 3.06. The Balaban J connectivity index is 2.47. The van der Waals surface area contributed by atoms with Gasteiger partial charge in [0, 0.05) is 12.0 Å². The zero-order valence-corrected chi connectivity index (χ0v) is 6.21. The lowest BCUT2D eigenvalue weighted by Gasteiger charge is -2.27. The first-order valence-electron chi connectivity index (χ1n) is 3.85. The standard InChI is InChI=1S/C8H15NO/c1-6(10)7-4-2-3-5-8(7)9/h7-8,10H,1-5,9H2/t7-,8+/m0/s1. The van der Waals surface area contributed by atoms with Crippen LogP contribution in [0.5, 0.6) is 0 Å². The molecule has 2 heteroatoms. The third kappa shape index (κ3) is 1.51. The fraction of sp³-hybridized carbons (Fsp3) is 0.750. The monoisotopic (exact) mass is 141 g/mol. The van der Waals surface area contributed by atoms with Gasteiger partial charge in [0.25, 0.3) is 0 Å². The van der Waals surface area contributed by atoms with Gasteiger partial charge in [-0.2, -0.15) is 0 Å². The average Bonchev–Trinajstić information content (AvgIpc) is 1.88. The van der Waals surface area contributed by atoms with Crippen molar-refractivity contribution in [2.45, 2.75) is 31.7 Å². The van der Waals surface area contributed by atoms with E-state index in [2.05, 4.69) is 6.58 Å². The van der Waals surface area contributed by atoms with Crippen LogP contribution in [0.4, 0.5) is 0 Å². The molecule has 0 heterocycles. The molecule has 2 nitrogen and oxygen atoms in total. The van der Waals surface area contributed by atoms with Gasteiger partial charge in [0.15, 0.2) is 0 Å².